The monoisotopic (exact) mass is 386 g/mol. The van der Waals surface area contributed by atoms with Crippen molar-refractivity contribution in [3.63, 3.8) is 0 Å². The Bertz CT molecular complexity index is 1130. The number of aromatic nitrogens is 3. The molecule has 0 bridgehead atoms. The first-order chi connectivity index (χ1) is 14.3. The fraction of sp³-hybridized carbons (Fsp3) is 0.261. The molecule has 1 fully saturated rings. The van der Waals surface area contributed by atoms with Gasteiger partial charge in [-0.1, -0.05) is 41.6 Å². The normalized spacial score (nSPS) is 17.1. The molecule has 0 radical (unpaired) electrons. The van der Waals surface area contributed by atoms with Crippen LogP contribution < -0.4 is 4.74 Å². The molecule has 1 saturated heterocycles. The van der Waals surface area contributed by atoms with Crippen molar-refractivity contribution < 1.29 is 9.26 Å². The van der Waals surface area contributed by atoms with Gasteiger partial charge in [-0.05, 0) is 37.2 Å². The Morgan fingerprint density at radius 1 is 1.07 bits per heavy atom. The number of pyridine rings is 1. The molecule has 6 heteroatoms. The maximum atomic E-state index is 5.57. The Hall–Kier alpha value is -3.25. The third kappa shape index (κ3) is 3.71. The second kappa shape index (κ2) is 7.64. The molecule has 0 spiro atoms. The van der Waals surface area contributed by atoms with Crippen molar-refractivity contribution in [2.45, 2.75) is 18.9 Å². The molecule has 4 aromatic rings. The first-order valence-electron chi connectivity index (χ1n) is 9.83. The molecule has 0 amide bonds. The lowest BCUT2D eigenvalue weighted by atomic mass is 10.1. The molecule has 2 aromatic carbocycles. The maximum absolute atomic E-state index is 5.57. The first-order valence-corrected chi connectivity index (χ1v) is 9.83. The van der Waals surface area contributed by atoms with Crippen molar-refractivity contribution in [2.24, 2.45) is 0 Å². The van der Waals surface area contributed by atoms with Crippen LogP contribution in [0.2, 0.25) is 0 Å². The molecule has 0 aliphatic carbocycles. The van der Waals surface area contributed by atoms with Crippen LogP contribution in [0.15, 0.2) is 65.2 Å². The summed E-state index contributed by atoms with van der Waals surface area (Å²) in [7, 11) is 1.68. The lowest BCUT2D eigenvalue weighted by Crippen LogP contribution is -2.20. The fourth-order valence-corrected chi connectivity index (χ4v) is 3.87. The van der Waals surface area contributed by atoms with Crippen LogP contribution in [0.5, 0.6) is 5.75 Å². The number of nitrogens with zero attached hydrogens (tertiary/aromatic N) is 4. The molecule has 0 N–H and O–H groups in total. The quantitative estimate of drug-likeness (QED) is 0.510. The zero-order valence-electron chi connectivity index (χ0n) is 16.3. The third-order valence-electron chi connectivity index (χ3n) is 5.43. The second-order valence-corrected chi connectivity index (χ2v) is 7.40. The van der Waals surface area contributed by atoms with Crippen LogP contribution in [-0.4, -0.2) is 40.2 Å². The highest BCUT2D eigenvalue weighted by Crippen LogP contribution is 2.29. The van der Waals surface area contributed by atoms with Crippen LogP contribution in [0.25, 0.3) is 22.3 Å². The number of likely N-dealkylation sites (tertiary alicyclic amines) is 1. The van der Waals surface area contributed by atoms with Crippen molar-refractivity contribution in [1.82, 2.24) is 20.0 Å². The Balaban J connectivity index is 1.27. The van der Waals surface area contributed by atoms with Crippen molar-refractivity contribution in [3.8, 4) is 17.1 Å². The zero-order chi connectivity index (χ0) is 19.6. The molecule has 1 aliphatic heterocycles. The van der Waals surface area contributed by atoms with Crippen LogP contribution in [-0.2, 0) is 6.54 Å². The topological polar surface area (TPSA) is 64.3 Å². The fourth-order valence-electron chi connectivity index (χ4n) is 3.87. The highest BCUT2D eigenvalue weighted by atomic mass is 16.5. The molecule has 1 atom stereocenters. The van der Waals surface area contributed by atoms with E-state index in [-0.39, 0.29) is 5.92 Å². The molecule has 146 valence electrons. The Kier molecular flexibility index (Phi) is 4.69. The Morgan fingerprint density at radius 3 is 2.83 bits per heavy atom. The van der Waals surface area contributed by atoms with Gasteiger partial charge in [0.05, 0.1) is 24.2 Å². The summed E-state index contributed by atoms with van der Waals surface area (Å²) in [6, 6.07) is 20.1. The van der Waals surface area contributed by atoms with Crippen LogP contribution in [0.1, 0.15) is 23.9 Å². The lowest BCUT2D eigenvalue weighted by molar-refractivity contribution is 0.306. The number of benzene rings is 2. The first kappa shape index (κ1) is 17.8. The van der Waals surface area contributed by atoms with Crippen LogP contribution >= 0.6 is 0 Å². The van der Waals surface area contributed by atoms with E-state index in [0.29, 0.717) is 5.82 Å². The Labute approximate surface area is 169 Å². The van der Waals surface area contributed by atoms with Crippen molar-refractivity contribution in [2.75, 3.05) is 20.2 Å². The van der Waals surface area contributed by atoms with Crippen LogP contribution in [0, 0.1) is 0 Å². The zero-order valence-corrected chi connectivity index (χ0v) is 16.3. The maximum Gasteiger partial charge on any atom is 0.231 e. The van der Waals surface area contributed by atoms with Crippen molar-refractivity contribution >= 4 is 10.9 Å². The van der Waals surface area contributed by atoms with Crippen molar-refractivity contribution in [1.29, 1.82) is 0 Å². The minimum absolute atomic E-state index is 0.268. The highest BCUT2D eigenvalue weighted by Gasteiger charge is 2.28. The van der Waals surface area contributed by atoms with E-state index in [1.54, 1.807) is 7.11 Å². The van der Waals surface area contributed by atoms with E-state index in [1.807, 2.05) is 48.5 Å². The highest BCUT2D eigenvalue weighted by molar-refractivity contribution is 5.80. The van der Waals surface area contributed by atoms with Gasteiger partial charge in [-0.2, -0.15) is 4.98 Å². The van der Waals surface area contributed by atoms with E-state index in [0.717, 1.165) is 59.9 Å². The van der Waals surface area contributed by atoms with Gasteiger partial charge in [-0.25, -0.2) is 0 Å². The van der Waals surface area contributed by atoms with E-state index in [1.165, 1.54) is 0 Å². The SMILES string of the molecule is COc1ccc2nc(CN3CC[C@H](c4nc(-c5ccccc5)no4)C3)ccc2c1. The molecular formula is C23H22N4O2. The molecule has 5 rings (SSSR count). The average Bonchev–Trinajstić information content (AvgIpc) is 3.44. The Morgan fingerprint density at radius 2 is 1.97 bits per heavy atom. The lowest BCUT2D eigenvalue weighted by Gasteiger charge is -2.15. The predicted molar refractivity (Wildman–Crippen MR) is 111 cm³/mol. The molecule has 0 unspecified atom stereocenters. The van der Waals surface area contributed by atoms with Gasteiger partial charge in [0.15, 0.2) is 0 Å². The molecule has 29 heavy (non-hydrogen) atoms. The molecule has 0 saturated carbocycles. The van der Waals surface area contributed by atoms with Gasteiger partial charge in [0.1, 0.15) is 5.75 Å². The summed E-state index contributed by atoms with van der Waals surface area (Å²) in [5.41, 5.74) is 3.04. The smallest absolute Gasteiger partial charge is 0.231 e. The average molecular weight is 386 g/mol. The van der Waals surface area contributed by atoms with E-state index in [2.05, 4.69) is 27.2 Å². The number of rotatable bonds is 5. The molecule has 6 nitrogen and oxygen atoms in total. The summed E-state index contributed by atoms with van der Waals surface area (Å²) in [6.07, 6.45) is 1.02. The van der Waals surface area contributed by atoms with Crippen molar-refractivity contribution in [3.05, 3.63) is 72.2 Å². The van der Waals surface area contributed by atoms with E-state index in [4.69, 9.17) is 14.2 Å². The van der Waals surface area contributed by atoms with Gasteiger partial charge in [0.2, 0.25) is 11.7 Å². The third-order valence-corrected chi connectivity index (χ3v) is 5.43. The summed E-state index contributed by atoms with van der Waals surface area (Å²) < 4.78 is 10.9. The van der Waals surface area contributed by atoms with Gasteiger partial charge in [-0.15, -0.1) is 0 Å². The number of ether oxygens (including phenoxy) is 1. The minimum atomic E-state index is 0.268. The molecule has 2 aromatic heterocycles. The summed E-state index contributed by atoms with van der Waals surface area (Å²) in [5, 5.41) is 5.25. The minimum Gasteiger partial charge on any atom is -0.497 e. The van der Waals surface area contributed by atoms with Gasteiger partial charge >= 0.3 is 0 Å². The molecular weight excluding hydrogens is 364 g/mol. The van der Waals surface area contributed by atoms with E-state index >= 15 is 0 Å². The van der Waals surface area contributed by atoms with Gasteiger partial charge in [-0.3, -0.25) is 9.88 Å². The predicted octanol–water partition coefficient (Wildman–Crippen LogP) is 4.28. The van der Waals surface area contributed by atoms with Crippen LogP contribution in [0.3, 0.4) is 0 Å². The summed E-state index contributed by atoms with van der Waals surface area (Å²) in [5.74, 6) is 2.50. The van der Waals surface area contributed by atoms with Gasteiger partial charge in [0.25, 0.3) is 0 Å². The van der Waals surface area contributed by atoms with E-state index < -0.39 is 0 Å². The molecule has 1 aliphatic rings. The van der Waals surface area contributed by atoms with E-state index in [9.17, 15) is 0 Å². The number of methoxy groups -OCH3 is 1. The number of hydrogen-bond donors (Lipinski definition) is 0. The summed E-state index contributed by atoms with van der Waals surface area (Å²) in [4.78, 5) is 11.8. The number of fused-ring (bicyclic) bond motifs is 1. The largest absolute Gasteiger partial charge is 0.497 e. The van der Waals surface area contributed by atoms with Gasteiger partial charge in [0, 0.05) is 24.0 Å². The van der Waals surface area contributed by atoms with Crippen LogP contribution in [0.4, 0.5) is 0 Å². The standard InChI is InChI=1S/C23H22N4O2/c1-28-20-9-10-21-17(13-20)7-8-19(24-21)15-27-12-11-18(14-27)23-25-22(26-29-23)16-5-3-2-4-6-16/h2-10,13,18H,11-12,14-15H2,1H3/t18-/m0/s1. The summed E-state index contributed by atoms with van der Waals surface area (Å²) in [6.45, 7) is 2.72. The summed E-state index contributed by atoms with van der Waals surface area (Å²) >= 11 is 0. The second-order valence-electron chi connectivity index (χ2n) is 7.40. The van der Waals surface area contributed by atoms with Gasteiger partial charge < -0.3 is 9.26 Å². The number of hydrogen-bond acceptors (Lipinski definition) is 6. The molecule has 3 heterocycles.